The Kier molecular flexibility index (Phi) is 7.20. The van der Waals surface area contributed by atoms with Crippen LogP contribution in [0.5, 0.6) is 0 Å². The number of piperidine rings is 1. The highest BCUT2D eigenvalue weighted by atomic mass is 16.5. The molecule has 1 aromatic carbocycles. The lowest BCUT2D eigenvalue weighted by Crippen LogP contribution is -2.38. The number of benzene rings is 1. The third-order valence-corrected chi connectivity index (χ3v) is 7.50. The summed E-state index contributed by atoms with van der Waals surface area (Å²) in [5.74, 6) is 2.44. The van der Waals surface area contributed by atoms with Crippen molar-refractivity contribution in [2.24, 2.45) is 0 Å². The fourth-order valence-electron chi connectivity index (χ4n) is 5.29. The third-order valence-electron chi connectivity index (χ3n) is 7.50. The molecule has 0 bridgehead atoms. The number of fused-ring (bicyclic) bond motifs is 1. The minimum Gasteiger partial charge on any atom is -0.378 e. The Balaban J connectivity index is 1.22. The molecule has 0 atom stereocenters. The van der Waals surface area contributed by atoms with Gasteiger partial charge in [0, 0.05) is 56.6 Å². The van der Waals surface area contributed by atoms with E-state index in [9.17, 15) is 0 Å². The zero-order valence-electron chi connectivity index (χ0n) is 22.3. The van der Waals surface area contributed by atoms with Gasteiger partial charge in [0.25, 0.3) is 0 Å². The van der Waals surface area contributed by atoms with Gasteiger partial charge in [-0.05, 0) is 44.4 Å². The molecule has 6 rings (SSSR count). The van der Waals surface area contributed by atoms with E-state index in [1.54, 1.807) is 0 Å². The van der Waals surface area contributed by atoms with Crippen molar-refractivity contribution >= 4 is 22.8 Å². The van der Waals surface area contributed by atoms with Crippen LogP contribution in [0.2, 0.25) is 0 Å². The molecule has 0 saturated carbocycles. The molecule has 0 amide bonds. The molecule has 5 heterocycles. The monoisotopic (exact) mass is 512 g/mol. The lowest BCUT2D eigenvalue weighted by molar-refractivity contribution is 0.122. The molecule has 0 unspecified atom stereocenters. The van der Waals surface area contributed by atoms with Crippen LogP contribution in [-0.2, 0) is 11.3 Å². The van der Waals surface area contributed by atoms with Gasteiger partial charge in [0.2, 0.25) is 0 Å². The molecular weight excluding hydrogens is 476 g/mol. The summed E-state index contributed by atoms with van der Waals surface area (Å²) < 4.78 is 7.59. The molecule has 2 saturated heterocycles. The van der Waals surface area contributed by atoms with Gasteiger partial charge < -0.3 is 19.5 Å². The summed E-state index contributed by atoms with van der Waals surface area (Å²) >= 11 is 0. The summed E-state index contributed by atoms with van der Waals surface area (Å²) in [5, 5.41) is 3.74. The molecule has 38 heavy (non-hydrogen) atoms. The van der Waals surface area contributed by atoms with E-state index in [1.807, 2.05) is 12.5 Å². The molecule has 0 aliphatic carbocycles. The average Bonchev–Trinajstić information content (AvgIpc) is 3.40. The van der Waals surface area contributed by atoms with Crippen LogP contribution in [0.4, 0.5) is 11.6 Å². The summed E-state index contributed by atoms with van der Waals surface area (Å²) in [6.07, 6.45) is 5.89. The van der Waals surface area contributed by atoms with E-state index in [0.29, 0.717) is 11.9 Å². The summed E-state index contributed by atoms with van der Waals surface area (Å²) in [7, 11) is 0. The van der Waals surface area contributed by atoms with Gasteiger partial charge in [-0.3, -0.25) is 4.90 Å². The first-order valence-electron chi connectivity index (χ1n) is 13.7. The molecule has 2 aliphatic rings. The highest BCUT2D eigenvalue weighted by Crippen LogP contribution is 2.28. The summed E-state index contributed by atoms with van der Waals surface area (Å²) in [6, 6.07) is 15.4. The standard InChI is InChI=1S/C29H36N8O/c1-21(2)37-20-31-26-28(32-24-10-12-35(13-11-24)19-22-6-4-3-5-7-22)33-27(34-29(26)37)23-8-9-25(30-18-23)36-14-16-38-17-15-36/h3-9,18,20-21,24H,10-17,19H2,1-2H3,(H,32,33,34). The van der Waals surface area contributed by atoms with Crippen LogP contribution in [0.25, 0.3) is 22.6 Å². The Bertz CT molecular complexity index is 1340. The summed E-state index contributed by atoms with van der Waals surface area (Å²) in [6.45, 7) is 10.6. The fourth-order valence-corrected chi connectivity index (χ4v) is 5.29. The second-order valence-electron chi connectivity index (χ2n) is 10.5. The van der Waals surface area contributed by atoms with Gasteiger partial charge in [0.15, 0.2) is 17.3 Å². The highest BCUT2D eigenvalue weighted by Gasteiger charge is 2.23. The van der Waals surface area contributed by atoms with Crippen LogP contribution in [0, 0.1) is 0 Å². The smallest absolute Gasteiger partial charge is 0.166 e. The van der Waals surface area contributed by atoms with Gasteiger partial charge in [0.1, 0.15) is 11.3 Å². The number of hydrogen-bond donors (Lipinski definition) is 1. The van der Waals surface area contributed by atoms with E-state index in [4.69, 9.17) is 24.7 Å². The fraction of sp³-hybridized carbons (Fsp3) is 0.448. The SMILES string of the molecule is CC(C)n1cnc2c(NC3CCN(Cc4ccccc4)CC3)nc(-c3ccc(N4CCOCC4)nc3)nc21. The van der Waals surface area contributed by atoms with Gasteiger partial charge in [-0.1, -0.05) is 30.3 Å². The third kappa shape index (κ3) is 5.35. The Hall–Kier alpha value is -3.56. The average molecular weight is 513 g/mol. The second-order valence-corrected chi connectivity index (χ2v) is 10.5. The Morgan fingerprint density at radius 2 is 1.74 bits per heavy atom. The van der Waals surface area contributed by atoms with E-state index < -0.39 is 0 Å². The molecule has 9 nitrogen and oxygen atoms in total. The molecule has 3 aromatic heterocycles. The van der Waals surface area contributed by atoms with Crippen LogP contribution in [-0.4, -0.2) is 74.8 Å². The lowest BCUT2D eigenvalue weighted by atomic mass is 10.0. The molecule has 198 valence electrons. The molecule has 4 aromatic rings. The zero-order valence-corrected chi connectivity index (χ0v) is 22.3. The number of anilines is 2. The second kappa shape index (κ2) is 11.0. The number of nitrogens with one attached hydrogen (secondary N) is 1. The highest BCUT2D eigenvalue weighted by molar-refractivity contribution is 5.85. The predicted molar refractivity (Wildman–Crippen MR) is 150 cm³/mol. The van der Waals surface area contributed by atoms with Crippen molar-refractivity contribution in [3.8, 4) is 11.4 Å². The number of morpholine rings is 1. The molecule has 9 heteroatoms. The Labute approximate surface area is 223 Å². The van der Waals surface area contributed by atoms with E-state index in [2.05, 4.69) is 76.0 Å². The largest absolute Gasteiger partial charge is 0.378 e. The van der Waals surface area contributed by atoms with Gasteiger partial charge in [-0.15, -0.1) is 0 Å². The minimum absolute atomic E-state index is 0.249. The van der Waals surface area contributed by atoms with Crippen molar-refractivity contribution in [1.82, 2.24) is 29.4 Å². The number of hydrogen-bond acceptors (Lipinski definition) is 8. The molecule has 1 N–H and O–H groups in total. The number of imidazole rings is 1. The number of likely N-dealkylation sites (tertiary alicyclic amines) is 1. The van der Waals surface area contributed by atoms with Crippen LogP contribution in [0.15, 0.2) is 55.0 Å². The number of pyridine rings is 1. The van der Waals surface area contributed by atoms with Crippen molar-refractivity contribution in [1.29, 1.82) is 0 Å². The Morgan fingerprint density at radius 3 is 2.45 bits per heavy atom. The molecule has 0 radical (unpaired) electrons. The molecule has 2 fully saturated rings. The van der Waals surface area contributed by atoms with Gasteiger partial charge in [-0.25, -0.2) is 19.9 Å². The number of ether oxygens (including phenoxy) is 1. The van der Waals surface area contributed by atoms with Gasteiger partial charge >= 0.3 is 0 Å². The van der Waals surface area contributed by atoms with Crippen molar-refractivity contribution in [3.05, 3.63) is 60.6 Å². The zero-order chi connectivity index (χ0) is 25.9. The van der Waals surface area contributed by atoms with E-state index in [1.165, 1.54) is 5.56 Å². The van der Waals surface area contributed by atoms with Crippen LogP contribution in [0.3, 0.4) is 0 Å². The maximum absolute atomic E-state index is 5.48. The van der Waals surface area contributed by atoms with E-state index in [-0.39, 0.29) is 6.04 Å². The van der Waals surface area contributed by atoms with Crippen LogP contribution < -0.4 is 10.2 Å². The van der Waals surface area contributed by atoms with Gasteiger partial charge in [-0.2, -0.15) is 0 Å². The minimum atomic E-state index is 0.249. The Morgan fingerprint density at radius 1 is 0.947 bits per heavy atom. The van der Waals surface area contributed by atoms with E-state index >= 15 is 0 Å². The normalized spacial score (nSPS) is 17.4. The number of rotatable bonds is 7. The van der Waals surface area contributed by atoms with Gasteiger partial charge in [0.05, 0.1) is 19.5 Å². The summed E-state index contributed by atoms with van der Waals surface area (Å²) in [5.41, 5.74) is 3.95. The first kappa shape index (κ1) is 24.8. The predicted octanol–water partition coefficient (Wildman–Crippen LogP) is 4.38. The number of aromatic nitrogens is 5. The van der Waals surface area contributed by atoms with Crippen molar-refractivity contribution < 1.29 is 4.74 Å². The molecular formula is C29H36N8O. The van der Waals surface area contributed by atoms with Crippen molar-refractivity contribution in [3.63, 3.8) is 0 Å². The van der Waals surface area contributed by atoms with Crippen LogP contribution in [0.1, 0.15) is 38.3 Å². The van der Waals surface area contributed by atoms with E-state index in [0.717, 1.165) is 87.1 Å². The van der Waals surface area contributed by atoms with Crippen molar-refractivity contribution in [2.75, 3.05) is 49.6 Å². The maximum atomic E-state index is 5.48. The molecule has 2 aliphatic heterocycles. The topological polar surface area (TPSA) is 84.2 Å². The molecule has 0 spiro atoms. The number of nitrogens with zero attached hydrogens (tertiary/aromatic N) is 7. The first-order valence-corrected chi connectivity index (χ1v) is 13.7. The quantitative estimate of drug-likeness (QED) is 0.391. The van der Waals surface area contributed by atoms with Crippen molar-refractivity contribution in [2.45, 2.75) is 45.3 Å². The first-order chi connectivity index (χ1) is 18.6. The maximum Gasteiger partial charge on any atom is 0.166 e. The lowest BCUT2D eigenvalue weighted by Gasteiger charge is -2.32. The van der Waals surface area contributed by atoms with Crippen LogP contribution >= 0.6 is 0 Å². The summed E-state index contributed by atoms with van der Waals surface area (Å²) in [4.78, 5) is 24.2.